The van der Waals surface area contributed by atoms with Crippen molar-refractivity contribution in [3.05, 3.63) is 34.9 Å². The Labute approximate surface area is 122 Å². The number of amides is 1. The van der Waals surface area contributed by atoms with Gasteiger partial charge in [0.2, 0.25) is 0 Å². The summed E-state index contributed by atoms with van der Waals surface area (Å²) >= 11 is 0. The van der Waals surface area contributed by atoms with Gasteiger partial charge in [-0.05, 0) is 24.0 Å². The zero-order valence-corrected chi connectivity index (χ0v) is 12.4. The fourth-order valence-electron chi connectivity index (χ4n) is 2.03. The third-order valence-electron chi connectivity index (χ3n) is 3.20. The van der Waals surface area contributed by atoms with E-state index in [1.165, 1.54) is 10.9 Å². The number of rotatable bonds is 3. The minimum Gasteiger partial charge on any atom is -0.465 e. The molecule has 0 aliphatic heterocycles. The second-order valence-electron chi connectivity index (χ2n) is 6.18. The number of anilines is 1. The summed E-state index contributed by atoms with van der Waals surface area (Å²) in [5.74, 6) is 0. The molecule has 1 aromatic carbocycles. The summed E-state index contributed by atoms with van der Waals surface area (Å²) in [6.07, 6.45) is 1.14. The van der Waals surface area contributed by atoms with Gasteiger partial charge in [-0.1, -0.05) is 26.8 Å². The molecule has 0 unspecified atom stereocenters. The molecule has 0 radical (unpaired) electrons. The molecule has 1 amide bonds. The number of nitrogens with zero attached hydrogens (tertiary/aromatic N) is 2. The highest BCUT2D eigenvalue weighted by Crippen LogP contribution is 2.20. The molecule has 112 valence electrons. The zero-order valence-electron chi connectivity index (χ0n) is 12.4. The molecule has 0 bridgehead atoms. The summed E-state index contributed by atoms with van der Waals surface area (Å²) in [4.78, 5) is 27.6. The maximum atomic E-state index is 12.5. The Hall–Kier alpha value is -2.37. The first-order valence-corrected chi connectivity index (χ1v) is 6.76. The Bertz CT molecular complexity index is 729. The molecule has 0 saturated heterocycles. The Kier molecular flexibility index (Phi) is 3.97. The van der Waals surface area contributed by atoms with Crippen LogP contribution in [0.25, 0.3) is 10.9 Å². The van der Waals surface area contributed by atoms with Crippen LogP contribution in [-0.2, 0) is 6.54 Å². The molecule has 0 spiro atoms. The molecule has 1 aromatic heterocycles. The number of nitrogens with one attached hydrogen (secondary N) is 1. The lowest BCUT2D eigenvalue weighted by molar-refractivity contribution is 0.210. The molecule has 0 saturated carbocycles. The molecule has 2 aromatic rings. The molecule has 0 aliphatic carbocycles. The first kappa shape index (κ1) is 15.0. The minimum absolute atomic E-state index is 0.104. The van der Waals surface area contributed by atoms with Crippen molar-refractivity contribution in [1.29, 1.82) is 0 Å². The molecule has 0 fully saturated rings. The smallest absolute Gasteiger partial charge is 0.409 e. The maximum Gasteiger partial charge on any atom is 0.409 e. The molecule has 0 aliphatic rings. The van der Waals surface area contributed by atoms with Crippen molar-refractivity contribution in [2.45, 2.75) is 33.7 Å². The summed E-state index contributed by atoms with van der Waals surface area (Å²) in [6.45, 7) is 6.85. The van der Waals surface area contributed by atoms with Crippen molar-refractivity contribution >= 4 is 22.7 Å². The number of hydrogen-bond acceptors (Lipinski definition) is 3. The zero-order chi connectivity index (χ0) is 15.6. The SMILES string of the molecule is CC(C)(C)CCn1cnc2cccc(NC(=O)O)c2c1=O. The highest BCUT2D eigenvalue weighted by Gasteiger charge is 2.14. The Morgan fingerprint density at radius 2 is 2.10 bits per heavy atom. The maximum absolute atomic E-state index is 12.5. The lowest BCUT2D eigenvalue weighted by Crippen LogP contribution is -2.24. The quantitative estimate of drug-likeness (QED) is 0.909. The topological polar surface area (TPSA) is 84.2 Å². The number of hydrogen-bond donors (Lipinski definition) is 2. The van der Waals surface area contributed by atoms with E-state index in [0.717, 1.165) is 6.42 Å². The molecule has 2 rings (SSSR count). The van der Waals surface area contributed by atoms with Crippen molar-refractivity contribution in [2.75, 3.05) is 5.32 Å². The first-order valence-electron chi connectivity index (χ1n) is 6.76. The third-order valence-corrected chi connectivity index (χ3v) is 3.20. The van der Waals surface area contributed by atoms with Gasteiger partial charge in [-0.2, -0.15) is 0 Å². The van der Waals surface area contributed by atoms with Crippen molar-refractivity contribution < 1.29 is 9.90 Å². The average molecular weight is 289 g/mol. The van der Waals surface area contributed by atoms with Gasteiger partial charge in [0.1, 0.15) is 0 Å². The van der Waals surface area contributed by atoms with Gasteiger partial charge in [-0.25, -0.2) is 9.78 Å². The Balaban J connectivity index is 2.49. The number of carbonyl (C=O) groups is 1. The van der Waals surface area contributed by atoms with Gasteiger partial charge < -0.3 is 5.11 Å². The standard InChI is InChI=1S/C15H19N3O3/c1-15(2,3)7-8-18-9-16-10-5-4-6-11(17-14(20)21)12(10)13(18)19/h4-6,9,17H,7-8H2,1-3H3,(H,20,21). The van der Waals surface area contributed by atoms with E-state index in [0.29, 0.717) is 17.4 Å². The second kappa shape index (κ2) is 5.55. The van der Waals surface area contributed by atoms with Crippen LogP contribution in [-0.4, -0.2) is 20.8 Å². The second-order valence-corrected chi connectivity index (χ2v) is 6.18. The molecule has 6 heteroatoms. The lowest BCUT2D eigenvalue weighted by atomic mass is 9.92. The minimum atomic E-state index is -1.20. The van der Waals surface area contributed by atoms with Crippen LogP contribution in [0.1, 0.15) is 27.2 Å². The van der Waals surface area contributed by atoms with E-state index in [1.54, 1.807) is 18.2 Å². The van der Waals surface area contributed by atoms with Gasteiger partial charge in [-0.15, -0.1) is 0 Å². The van der Waals surface area contributed by atoms with Gasteiger partial charge in [0.15, 0.2) is 0 Å². The van der Waals surface area contributed by atoms with Gasteiger partial charge in [0.25, 0.3) is 5.56 Å². The normalized spacial score (nSPS) is 11.6. The van der Waals surface area contributed by atoms with Crippen LogP contribution in [0.3, 0.4) is 0 Å². The van der Waals surface area contributed by atoms with E-state index in [-0.39, 0.29) is 16.7 Å². The first-order chi connectivity index (χ1) is 9.78. The van der Waals surface area contributed by atoms with E-state index in [4.69, 9.17) is 5.11 Å². The van der Waals surface area contributed by atoms with Gasteiger partial charge in [-0.3, -0.25) is 14.7 Å². The Morgan fingerprint density at radius 3 is 2.71 bits per heavy atom. The van der Waals surface area contributed by atoms with Crippen molar-refractivity contribution in [3.63, 3.8) is 0 Å². The number of benzene rings is 1. The summed E-state index contributed by atoms with van der Waals surface area (Å²) in [5.41, 5.74) is 0.627. The van der Waals surface area contributed by atoms with Gasteiger partial charge in [0.05, 0.1) is 22.9 Å². The molecular weight excluding hydrogens is 270 g/mol. The van der Waals surface area contributed by atoms with Crippen LogP contribution >= 0.6 is 0 Å². The fourth-order valence-corrected chi connectivity index (χ4v) is 2.03. The van der Waals surface area contributed by atoms with Gasteiger partial charge >= 0.3 is 6.09 Å². The van der Waals surface area contributed by atoms with Crippen molar-refractivity contribution in [1.82, 2.24) is 9.55 Å². The largest absolute Gasteiger partial charge is 0.465 e. The number of aromatic nitrogens is 2. The summed E-state index contributed by atoms with van der Waals surface area (Å²) in [7, 11) is 0. The highest BCUT2D eigenvalue weighted by molar-refractivity contribution is 5.97. The summed E-state index contributed by atoms with van der Waals surface area (Å²) in [5, 5.41) is 11.4. The number of aryl methyl sites for hydroxylation is 1. The van der Waals surface area contributed by atoms with Crippen LogP contribution in [0.15, 0.2) is 29.3 Å². The predicted molar refractivity (Wildman–Crippen MR) is 81.7 cm³/mol. The average Bonchev–Trinajstić information content (AvgIpc) is 2.36. The van der Waals surface area contributed by atoms with Crippen molar-refractivity contribution in [3.8, 4) is 0 Å². The van der Waals surface area contributed by atoms with Crippen molar-refractivity contribution in [2.24, 2.45) is 5.41 Å². The molecule has 1 heterocycles. The Morgan fingerprint density at radius 1 is 1.38 bits per heavy atom. The van der Waals surface area contributed by atoms with E-state index in [1.807, 2.05) is 0 Å². The van der Waals surface area contributed by atoms with E-state index >= 15 is 0 Å². The molecule has 2 N–H and O–H groups in total. The number of fused-ring (bicyclic) bond motifs is 1. The monoisotopic (exact) mass is 289 g/mol. The van der Waals surface area contributed by atoms with Crippen LogP contribution in [0, 0.1) is 5.41 Å². The van der Waals surface area contributed by atoms with E-state index in [2.05, 4.69) is 31.1 Å². The predicted octanol–water partition coefficient (Wildman–Crippen LogP) is 2.92. The molecule has 21 heavy (non-hydrogen) atoms. The lowest BCUT2D eigenvalue weighted by Gasteiger charge is -2.18. The highest BCUT2D eigenvalue weighted by atomic mass is 16.4. The number of carboxylic acid groups (broad SMARTS) is 1. The molecular formula is C15H19N3O3. The van der Waals surface area contributed by atoms with Crippen LogP contribution in [0.2, 0.25) is 0 Å². The van der Waals surface area contributed by atoms with Crippen LogP contribution < -0.4 is 10.9 Å². The van der Waals surface area contributed by atoms with Crippen LogP contribution in [0.4, 0.5) is 10.5 Å². The molecule has 0 atom stereocenters. The summed E-state index contributed by atoms with van der Waals surface area (Å²) in [6, 6.07) is 4.92. The summed E-state index contributed by atoms with van der Waals surface area (Å²) < 4.78 is 1.53. The third kappa shape index (κ3) is 3.59. The van der Waals surface area contributed by atoms with E-state index < -0.39 is 6.09 Å². The van der Waals surface area contributed by atoms with Crippen LogP contribution in [0.5, 0.6) is 0 Å². The van der Waals surface area contributed by atoms with E-state index in [9.17, 15) is 9.59 Å². The molecule has 6 nitrogen and oxygen atoms in total. The fraction of sp³-hybridized carbons (Fsp3) is 0.400. The van der Waals surface area contributed by atoms with Gasteiger partial charge in [0, 0.05) is 6.54 Å².